The molecular weight excluding hydrogens is 446 g/mol. The van der Waals surface area contributed by atoms with Crippen LogP contribution in [0.1, 0.15) is 47.2 Å². The van der Waals surface area contributed by atoms with E-state index >= 15 is 0 Å². The van der Waals surface area contributed by atoms with E-state index in [0.29, 0.717) is 16.3 Å². The van der Waals surface area contributed by atoms with E-state index in [2.05, 4.69) is 21.3 Å². The number of nitrogens with zero attached hydrogens (tertiary/aromatic N) is 2. The van der Waals surface area contributed by atoms with Crippen LogP contribution in [0.2, 0.25) is 0 Å². The molecule has 0 unspecified atom stereocenters. The number of carbonyl (C=O) groups excluding carboxylic acids is 3. The quantitative estimate of drug-likeness (QED) is 0.373. The van der Waals surface area contributed by atoms with Crippen LogP contribution in [0.3, 0.4) is 0 Å². The Hall–Kier alpha value is -4.53. The van der Waals surface area contributed by atoms with E-state index in [-0.39, 0.29) is 36.2 Å². The molecule has 1 aromatic heterocycles. The summed E-state index contributed by atoms with van der Waals surface area (Å²) >= 11 is 0. The molecule has 35 heavy (non-hydrogen) atoms. The number of amides is 3. The van der Waals surface area contributed by atoms with E-state index < -0.39 is 11.8 Å². The van der Waals surface area contributed by atoms with E-state index in [1.165, 1.54) is 4.68 Å². The number of aromatic nitrogens is 2. The van der Waals surface area contributed by atoms with E-state index in [4.69, 9.17) is 0 Å². The summed E-state index contributed by atoms with van der Waals surface area (Å²) in [7, 11) is 0. The SMILES string of the molecule is CC(C)n1nc(C(=O)NNC(=O)CCNC(=O)c2ccc3ccccc3c2)c2ccccc2c1=O. The Balaban J connectivity index is 1.34. The number of carbonyl (C=O) groups is 3. The topological polar surface area (TPSA) is 122 Å². The molecule has 3 amide bonds. The predicted molar refractivity (Wildman–Crippen MR) is 133 cm³/mol. The molecule has 0 bridgehead atoms. The Morgan fingerprint density at radius 2 is 1.54 bits per heavy atom. The van der Waals surface area contributed by atoms with Gasteiger partial charge in [-0.05, 0) is 42.8 Å². The highest BCUT2D eigenvalue weighted by Gasteiger charge is 2.18. The minimum atomic E-state index is -0.649. The first-order valence-corrected chi connectivity index (χ1v) is 11.2. The highest BCUT2D eigenvalue weighted by molar-refractivity contribution is 6.05. The lowest BCUT2D eigenvalue weighted by Gasteiger charge is -2.14. The first-order valence-electron chi connectivity index (χ1n) is 11.2. The van der Waals surface area contributed by atoms with Crippen LogP contribution in [-0.2, 0) is 4.79 Å². The van der Waals surface area contributed by atoms with Crippen LogP contribution in [0.5, 0.6) is 0 Å². The Kier molecular flexibility index (Phi) is 6.86. The van der Waals surface area contributed by atoms with E-state index in [0.717, 1.165) is 10.8 Å². The number of benzene rings is 3. The van der Waals surface area contributed by atoms with Gasteiger partial charge in [0.15, 0.2) is 5.69 Å². The van der Waals surface area contributed by atoms with Gasteiger partial charge in [0.1, 0.15) is 0 Å². The zero-order valence-corrected chi connectivity index (χ0v) is 19.4. The number of hydrogen-bond acceptors (Lipinski definition) is 5. The Morgan fingerprint density at radius 3 is 2.29 bits per heavy atom. The molecule has 4 aromatic rings. The first-order chi connectivity index (χ1) is 16.8. The second-order valence-corrected chi connectivity index (χ2v) is 8.31. The van der Waals surface area contributed by atoms with E-state index in [1.807, 2.05) is 30.3 Å². The summed E-state index contributed by atoms with van der Waals surface area (Å²) in [5.74, 6) is -1.43. The molecule has 0 aliphatic heterocycles. The summed E-state index contributed by atoms with van der Waals surface area (Å²) in [5.41, 5.74) is 4.90. The molecule has 3 N–H and O–H groups in total. The number of hydrogen-bond donors (Lipinski definition) is 3. The van der Waals surface area contributed by atoms with Gasteiger partial charge in [0, 0.05) is 23.9 Å². The largest absolute Gasteiger partial charge is 0.352 e. The molecule has 0 atom stereocenters. The third kappa shape index (κ3) is 5.19. The van der Waals surface area contributed by atoms with Crippen molar-refractivity contribution in [3.8, 4) is 0 Å². The lowest BCUT2D eigenvalue weighted by atomic mass is 10.1. The summed E-state index contributed by atoms with van der Waals surface area (Å²) in [6.07, 6.45) is -0.0424. The molecule has 178 valence electrons. The van der Waals surface area contributed by atoms with Crippen LogP contribution in [-0.4, -0.2) is 34.0 Å². The molecule has 0 aliphatic rings. The predicted octanol–water partition coefficient (Wildman–Crippen LogP) is 2.71. The highest BCUT2D eigenvalue weighted by atomic mass is 16.2. The van der Waals surface area contributed by atoms with Gasteiger partial charge in [0.25, 0.3) is 17.4 Å². The molecule has 0 saturated carbocycles. The van der Waals surface area contributed by atoms with Crippen molar-refractivity contribution in [2.45, 2.75) is 26.3 Å². The number of rotatable bonds is 6. The third-order valence-electron chi connectivity index (χ3n) is 5.50. The van der Waals surface area contributed by atoms with Gasteiger partial charge in [-0.25, -0.2) is 4.68 Å². The average Bonchev–Trinajstić information content (AvgIpc) is 2.87. The van der Waals surface area contributed by atoms with Crippen molar-refractivity contribution >= 4 is 39.3 Å². The van der Waals surface area contributed by atoms with Crippen LogP contribution in [0, 0.1) is 0 Å². The van der Waals surface area contributed by atoms with Crippen molar-refractivity contribution in [1.29, 1.82) is 0 Å². The fraction of sp³-hybridized carbons (Fsp3) is 0.192. The second kappa shape index (κ2) is 10.2. The summed E-state index contributed by atoms with van der Waals surface area (Å²) in [5, 5.41) is 9.64. The Bertz CT molecular complexity index is 1490. The maximum atomic E-state index is 12.7. The molecule has 3 aromatic carbocycles. The van der Waals surface area contributed by atoms with Gasteiger partial charge in [-0.2, -0.15) is 5.10 Å². The van der Waals surface area contributed by atoms with Crippen LogP contribution in [0.4, 0.5) is 0 Å². The minimum absolute atomic E-state index is 0.0267. The monoisotopic (exact) mass is 471 g/mol. The molecule has 0 spiro atoms. The maximum Gasteiger partial charge on any atom is 0.290 e. The minimum Gasteiger partial charge on any atom is -0.352 e. The number of hydrazine groups is 1. The molecule has 9 heteroatoms. The molecule has 0 radical (unpaired) electrons. The van der Waals surface area contributed by atoms with Gasteiger partial charge in [-0.15, -0.1) is 0 Å². The summed E-state index contributed by atoms with van der Waals surface area (Å²) in [6.45, 7) is 3.67. The number of fused-ring (bicyclic) bond motifs is 2. The summed E-state index contributed by atoms with van der Waals surface area (Å²) < 4.78 is 1.24. The first kappa shape index (κ1) is 23.6. The smallest absolute Gasteiger partial charge is 0.290 e. The standard InChI is InChI=1S/C26H25N5O4/c1-16(2)31-26(35)21-10-6-5-9-20(21)23(30-31)25(34)29-28-22(32)13-14-27-24(33)19-12-11-17-7-3-4-8-18(17)15-19/h3-12,15-16H,13-14H2,1-2H3,(H,27,33)(H,28,32)(H,29,34). The van der Waals surface area contributed by atoms with Crippen molar-refractivity contribution < 1.29 is 14.4 Å². The summed E-state index contributed by atoms with van der Waals surface area (Å²) in [6, 6.07) is 19.5. The summed E-state index contributed by atoms with van der Waals surface area (Å²) in [4.78, 5) is 50.0. The zero-order chi connectivity index (χ0) is 24.9. The van der Waals surface area contributed by atoms with Crippen LogP contribution in [0.15, 0.2) is 71.5 Å². The molecular formula is C26H25N5O4. The molecule has 9 nitrogen and oxygen atoms in total. The van der Waals surface area contributed by atoms with Crippen LogP contribution in [0.25, 0.3) is 21.5 Å². The Morgan fingerprint density at radius 1 is 0.857 bits per heavy atom. The lowest BCUT2D eigenvalue weighted by Crippen LogP contribution is -2.43. The Labute approximate surface area is 201 Å². The normalized spacial score (nSPS) is 10.9. The van der Waals surface area contributed by atoms with Crippen molar-refractivity contribution in [3.63, 3.8) is 0 Å². The van der Waals surface area contributed by atoms with Crippen LogP contribution < -0.4 is 21.7 Å². The van der Waals surface area contributed by atoms with Crippen molar-refractivity contribution in [2.24, 2.45) is 0 Å². The molecule has 1 heterocycles. The van der Waals surface area contributed by atoms with Crippen molar-refractivity contribution in [3.05, 3.63) is 88.3 Å². The number of nitrogens with one attached hydrogen (secondary N) is 3. The van der Waals surface area contributed by atoms with Crippen molar-refractivity contribution in [2.75, 3.05) is 6.54 Å². The van der Waals surface area contributed by atoms with Gasteiger partial charge in [0.05, 0.1) is 11.4 Å². The zero-order valence-electron chi connectivity index (χ0n) is 19.4. The van der Waals surface area contributed by atoms with E-state index in [1.54, 1.807) is 50.2 Å². The molecule has 0 aliphatic carbocycles. The van der Waals surface area contributed by atoms with Gasteiger partial charge in [-0.1, -0.05) is 48.5 Å². The fourth-order valence-electron chi connectivity index (χ4n) is 3.69. The second-order valence-electron chi connectivity index (χ2n) is 8.31. The fourth-order valence-corrected chi connectivity index (χ4v) is 3.69. The molecule has 4 rings (SSSR count). The van der Waals surface area contributed by atoms with Gasteiger partial charge < -0.3 is 5.32 Å². The maximum absolute atomic E-state index is 12.7. The van der Waals surface area contributed by atoms with Gasteiger partial charge >= 0.3 is 0 Å². The average molecular weight is 472 g/mol. The van der Waals surface area contributed by atoms with Crippen molar-refractivity contribution in [1.82, 2.24) is 25.9 Å². The highest BCUT2D eigenvalue weighted by Crippen LogP contribution is 2.16. The van der Waals surface area contributed by atoms with Crippen LogP contribution >= 0.6 is 0 Å². The third-order valence-corrected chi connectivity index (χ3v) is 5.50. The van der Waals surface area contributed by atoms with Gasteiger partial charge in [0.2, 0.25) is 5.91 Å². The molecule has 0 saturated heterocycles. The molecule has 0 fully saturated rings. The van der Waals surface area contributed by atoms with E-state index in [9.17, 15) is 19.2 Å². The lowest BCUT2D eigenvalue weighted by molar-refractivity contribution is -0.121. The van der Waals surface area contributed by atoms with Gasteiger partial charge in [-0.3, -0.25) is 30.0 Å².